The Morgan fingerprint density at radius 1 is 1.12 bits per heavy atom. The van der Waals surface area contributed by atoms with Crippen LogP contribution in [-0.4, -0.2) is 40.9 Å². The summed E-state index contributed by atoms with van der Waals surface area (Å²) in [7, 11) is 1.81. The Bertz CT molecular complexity index is 673. The summed E-state index contributed by atoms with van der Waals surface area (Å²) in [4.78, 5) is 4.37. The van der Waals surface area contributed by atoms with Crippen molar-refractivity contribution < 1.29 is 0 Å². The summed E-state index contributed by atoms with van der Waals surface area (Å²) in [5, 5.41) is 15.0. The van der Waals surface area contributed by atoms with Crippen LogP contribution in [0.3, 0.4) is 0 Å². The van der Waals surface area contributed by atoms with Crippen molar-refractivity contribution in [3.05, 3.63) is 48.0 Å². The SMILES string of the molecule is CCc1nncn1CCNC(=NC)NCC(CC)(CC)c1ccccc1. The number of nitrogens with one attached hydrogen (secondary N) is 2. The number of benzene rings is 1. The van der Waals surface area contributed by atoms with Crippen molar-refractivity contribution in [3.8, 4) is 0 Å². The normalized spacial score (nSPS) is 12.2. The van der Waals surface area contributed by atoms with E-state index in [9.17, 15) is 0 Å². The molecule has 0 unspecified atom stereocenters. The van der Waals surface area contributed by atoms with Crippen LogP contribution < -0.4 is 10.6 Å². The molecule has 0 saturated carbocycles. The molecule has 0 aliphatic rings. The lowest BCUT2D eigenvalue weighted by molar-refractivity contribution is 0.389. The van der Waals surface area contributed by atoms with Crippen molar-refractivity contribution in [1.29, 1.82) is 0 Å². The van der Waals surface area contributed by atoms with Crippen LogP contribution in [0.5, 0.6) is 0 Å². The third kappa shape index (κ3) is 4.84. The zero-order chi connectivity index (χ0) is 18.8. The van der Waals surface area contributed by atoms with Gasteiger partial charge in [0.25, 0.3) is 0 Å². The number of rotatable bonds is 9. The molecule has 2 rings (SSSR count). The van der Waals surface area contributed by atoms with Crippen molar-refractivity contribution in [3.63, 3.8) is 0 Å². The van der Waals surface area contributed by atoms with Crippen LogP contribution in [-0.2, 0) is 18.4 Å². The maximum atomic E-state index is 4.37. The molecule has 0 bridgehead atoms. The zero-order valence-electron chi connectivity index (χ0n) is 16.5. The summed E-state index contributed by atoms with van der Waals surface area (Å²) < 4.78 is 2.08. The third-order valence-electron chi connectivity index (χ3n) is 5.21. The molecule has 1 aromatic carbocycles. The van der Waals surface area contributed by atoms with Gasteiger partial charge in [0.2, 0.25) is 0 Å². The van der Waals surface area contributed by atoms with Gasteiger partial charge in [-0.05, 0) is 18.4 Å². The number of guanidine groups is 1. The van der Waals surface area contributed by atoms with Gasteiger partial charge in [-0.1, -0.05) is 51.1 Å². The summed E-state index contributed by atoms with van der Waals surface area (Å²) in [6, 6.07) is 10.8. The van der Waals surface area contributed by atoms with E-state index in [1.165, 1.54) is 5.56 Å². The Balaban J connectivity index is 1.92. The highest BCUT2D eigenvalue weighted by molar-refractivity contribution is 5.79. The first-order valence-corrected chi connectivity index (χ1v) is 9.55. The van der Waals surface area contributed by atoms with E-state index in [-0.39, 0.29) is 5.41 Å². The van der Waals surface area contributed by atoms with Crippen molar-refractivity contribution in [1.82, 2.24) is 25.4 Å². The van der Waals surface area contributed by atoms with E-state index in [4.69, 9.17) is 0 Å². The molecule has 0 radical (unpaired) electrons. The van der Waals surface area contributed by atoms with E-state index in [1.807, 2.05) is 7.05 Å². The monoisotopic (exact) mass is 356 g/mol. The second-order valence-corrected chi connectivity index (χ2v) is 6.50. The van der Waals surface area contributed by atoms with Crippen LogP contribution in [0.4, 0.5) is 0 Å². The molecule has 0 saturated heterocycles. The van der Waals surface area contributed by atoms with Crippen molar-refractivity contribution >= 4 is 5.96 Å². The minimum absolute atomic E-state index is 0.114. The number of aromatic nitrogens is 3. The molecule has 2 N–H and O–H groups in total. The van der Waals surface area contributed by atoms with Gasteiger partial charge in [0, 0.05) is 38.5 Å². The van der Waals surface area contributed by atoms with Crippen LogP contribution in [0.15, 0.2) is 41.7 Å². The number of nitrogens with zero attached hydrogens (tertiary/aromatic N) is 4. The Kier molecular flexibility index (Phi) is 7.63. The van der Waals surface area contributed by atoms with Gasteiger partial charge in [-0.15, -0.1) is 10.2 Å². The Morgan fingerprint density at radius 2 is 1.85 bits per heavy atom. The van der Waals surface area contributed by atoms with E-state index in [1.54, 1.807) is 6.33 Å². The smallest absolute Gasteiger partial charge is 0.191 e. The van der Waals surface area contributed by atoms with Gasteiger partial charge in [0.05, 0.1) is 0 Å². The maximum Gasteiger partial charge on any atom is 0.191 e. The lowest BCUT2D eigenvalue weighted by atomic mass is 9.76. The summed E-state index contributed by atoms with van der Waals surface area (Å²) in [5.41, 5.74) is 1.49. The highest BCUT2D eigenvalue weighted by Gasteiger charge is 2.28. The van der Waals surface area contributed by atoms with Gasteiger partial charge < -0.3 is 15.2 Å². The summed E-state index contributed by atoms with van der Waals surface area (Å²) in [6.07, 6.45) is 4.83. The molecule has 142 valence electrons. The van der Waals surface area contributed by atoms with E-state index in [2.05, 4.69) is 81.5 Å². The van der Waals surface area contributed by atoms with Crippen molar-refractivity contribution in [2.24, 2.45) is 4.99 Å². The third-order valence-corrected chi connectivity index (χ3v) is 5.21. The second kappa shape index (κ2) is 9.94. The predicted molar refractivity (Wildman–Crippen MR) is 107 cm³/mol. The summed E-state index contributed by atoms with van der Waals surface area (Å²) >= 11 is 0. The van der Waals surface area contributed by atoms with Crippen LogP contribution in [0.1, 0.15) is 45.0 Å². The lowest BCUT2D eigenvalue weighted by Gasteiger charge is -2.33. The molecule has 0 amide bonds. The number of aliphatic imine (C=N–C) groups is 1. The first-order chi connectivity index (χ1) is 12.7. The fourth-order valence-corrected chi connectivity index (χ4v) is 3.31. The largest absolute Gasteiger partial charge is 0.356 e. The average molecular weight is 357 g/mol. The molecular formula is C20H32N6. The molecule has 6 heteroatoms. The molecule has 2 aromatic rings. The first kappa shape index (κ1) is 19.9. The van der Waals surface area contributed by atoms with E-state index in [0.29, 0.717) is 0 Å². The molecular weight excluding hydrogens is 324 g/mol. The van der Waals surface area contributed by atoms with Gasteiger partial charge in [-0.25, -0.2) is 0 Å². The topological polar surface area (TPSA) is 67.1 Å². The van der Waals surface area contributed by atoms with Crippen LogP contribution >= 0.6 is 0 Å². The fourth-order valence-electron chi connectivity index (χ4n) is 3.31. The Labute approximate surface area is 157 Å². The van der Waals surface area contributed by atoms with Crippen molar-refractivity contribution in [2.75, 3.05) is 20.1 Å². The molecule has 0 aliphatic carbocycles. The van der Waals surface area contributed by atoms with Gasteiger partial charge in [0.1, 0.15) is 12.2 Å². The van der Waals surface area contributed by atoms with Crippen LogP contribution in [0, 0.1) is 0 Å². The number of aryl methyl sites for hydroxylation is 1. The minimum atomic E-state index is 0.114. The highest BCUT2D eigenvalue weighted by atomic mass is 15.3. The highest BCUT2D eigenvalue weighted by Crippen LogP contribution is 2.30. The molecule has 0 atom stereocenters. The van der Waals surface area contributed by atoms with Gasteiger partial charge in [-0.2, -0.15) is 0 Å². The van der Waals surface area contributed by atoms with Gasteiger partial charge >= 0.3 is 0 Å². The Hall–Kier alpha value is -2.37. The lowest BCUT2D eigenvalue weighted by Crippen LogP contribution is -2.46. The maximum absolute atomic E-state index is 4.37. The summed E-state index contributed by atoms with van der Waals surface area (Å²) in [5.74, 6) is 1.84. The van der Waals surface area contributed by atoms with Crippen LogP contribution in [0.2, 0.25) is 0 Å². The zero-order valence-corrected chi connectivity index (χ0v) is 16.5. The number of hydrogen-bond donors (Lipinski definition) is 2. The Morgan fingerprint density at radius 3 is 2.46 bits per heavy atom. The average Bonchev–Trinajstić information content (AvgIpc) is 3.16. The molecule has 0 spiro atoms. The molecule has 1 heterocycles. The molecule has 0 aliphatic heterocycles. The molecule has 6 nitrogen and oxygen atoms in total. The number of hydrogen-bond acceptors (Lipinski definition) is 3. The second-order valence-electron chi connectivity index (χ2n) is 6.50. The molecule has 1 aromatic heterocycles. The quantitative estimate of drug-likeness (QED) is 0.535. The molecule has 26 heavy (non-hydrogen) atoms. The van der Waals surface area contributed by atoms with Gasteiger partial charge in [0.15, 0.2) is 5.96 Å². The predicted octanol–water partition coefficient (Wildman–Crippen LogP) is 2.76. The van der Waals surface area contributed by atoms with Crippen molar-refractivity contribution in [2.45, 2.75) is 52.0 Å². The minimum Gasteiger partial charge on any atom is -0.356 e. The van der Waals surface area contributed by atoms with Gasteiger partial charge in [-0.3, -0.25) is 4.99 Å². The molecule has 0 fully saturated rings. The standard InChI is InChI=1S/C20H32N6/c1-5-18-25-24-16-26(18)14-13-22-19(21-4)23-15-20(6-2,7-3)17-11-9-8-10-12-17/h8-12,16H,5-7,13-15H2,1-4H3,(H2,21,22,23). The first-order valence-electron chi connectivity index (χ1n) is 9.55. The van der Waals surface area contributed by atoms with Crippen LogP contribution in [0.25, 0.3) is 0 Å². The van der Waals surface area contributed by atoms with E-state index < -0.39 is 0 Å². The van der Waals surface area contributed by atoms with E-state index >= 15 is 0 Å². The summed E-state index contributed by atoms with van der Waals surface area (Å²) in [6.45, 7) is 9.06. The van der Waals surface area contributed by atoms with E-state index in [0.717, 1.165) is 50.7 Å². The fraction of sp³-hybridized carbons (Fsp3) is 0.550.